The van der Waals surface area contributed by atoms with Gasteiger partial charge in [0.05, 0.1) is 45.6 Å². The molecule has 0 bridgehead atoms. The highest BCUT2D eigenvalue weighted by Crippen LogP contribution is 2.45. The van der Waals surface area contributed by atoms with Gasteiger partial charge in [0, 0.05) is 96.7 Å². The molecule has 15 rings (SSSR count). The summed E-state index contributed by atoms with van der Waals surface area (Å²) in [7, 11) is 5.37. The van der Waals surface area contributed by atoms with Crippen LogP contribution in [0.3, 0.4) is 0 Å². The summed E-state index contributed by atoms with van der Waals surface area (Å²) in [5, 5.41) is 35.0. The Morgan fingerprint density at radius 3 is 1.41 bits per heavy atom. The molecular formula is C79H71BrN10O8S3. The van der Waals surface area contributed by atoms with E-state index in [1.807, 2.05) is 189 Å². The number of hydrogen-bond donors (Lipinski definition) is 7. The third-order valence-corrected chi connectivity index (χ3v) is 20.0. The zero-order valence-corrected chi connectivity index (χ0v) is 58.8. The van der Waals surface area contributed by atoms with Crippen LogP contribution in [0, 0.1) is 13.8 Å². The minimum atomic E-state index is -0.0692. The first-order valence-electron chi connectivity index (χ1n) is 31.2. The first-order valence-corrected chi connectivity index (χ1v) is 34.8. The van der Waals surface area contributed by atoms with Crippen molar-refractivity contribution in [2.24, 2.45) is 0 Å². The molecule has 0 aliphatic carbocycles. The van der Waals surface area contributed by atoms with Gasteiger partial charge in [-0.3, -0.25) is 28.4 Å². The lowest BCUT2D eigenvalue weighted by Crippen LogP contribution is -2.26. The molecule has 0 fully saturated rings. The topological polar surface area (TPSA) is 262 Å². The number of rotatable bonds is 9. The molecule has 0 spiro atoms. The van der Waals surface area contributed by atoms with Gasteiger partial charge in [-0.25, -0.2) is 9.97 Å². The van der Waals surface area contributed by atoms with Crippen LogP contribution < -0.4 is 36.8 Å². The zero-order chi connectivity index (χ0) is 70.7. The van der Waals surface area contributed by atoms with Gasteiger partial charge in [-0.2, -0.15) is 0 Å². The number of hydrogen-bond acceptors (Lipinski definition) is 17. The van der Waals surface area contributed by atoms with E-state index in [0.29, 0.717) is 39.1 Å². The number of fused-ring (bicyclic) bond motifs is 7. The number of nitrogen functional groups attached to an aromatic ring is 2. The van der Waals surface area contributed by atoms with Gasteiger partial charge in [0.25, 0.3) is 17.7 Å². The van der Waals surface area contributed by atoms with Crippen LogP contribution in [0.15, 0.2) is 266 Å². The van der Waals surface area contributed by atoms with Gasteiger partial charge in [0.1, 0.15) is 40.2 Å². The molecule has 0 radical (unpaired) electrons. The van der Waals surface area contributed by atoms with E-state index in [9.17, 15) is 34.2 Å². The summed E-state index contributed by atoms with van der Waals surface area (Å²) in [6.45, 7) is 4.11. The number of phenols is 3. The largest absolute Gasteiger partial charge is 0.508 e. The van der Waals surface area contributed by atoms with Crippen LogP contribution in [-0.4, -0.2) is 92.0 Å². The Bertz CT molecular complexity index is 5040. The molecule has 3 amide bonds. The SMILES string of the molecule is C.CN1C(=O)c2ccccc2Sc2cc(N)ccc21.CN1C(=O)c2ccccc2Sc2cc(NCC(=O)c3ccc(O)cc3)ccc21.Cc1cccn2c(Nc3ccc4c(c3)Sc3ccccc3C(=O)N4C)c(-c3ccc(O)cc3)nc12.Cc1cccnc1N.O=C(CBr)c1ccc(O)cc1. The highest BCUT2D eigenvalue weighted by Gasteiger charge is 2.28. The molecule has 22 heteroatoms. The fourth-order valence-corrected chi connectivity index (χ4v) is 14.4. The number of halogens is 1. The van der Waals surface area contributed by atoms with Crippen molar-refractivity contribution in [3.63, 3.8) is 0 Å². The van der Waals surface area contributed by atoms with Crippen molar-refractivity contribution in [1.82, 2.24) is 14.4 Å². The number of aromatic hydroxyl groups is 3. The molecular weight excluding hydrogens is 1390 g/mol. The number of nitrogens with two attached hydrogens (primary N) is 2. The summed E-state index contributed by atoms with van der Waals surface area (Å²) in [4.78, 5) is 81.0. The lowest BCUT2D eigenvalue weighted by molar-refractivity contribution is 0.0982. The summed E-state index contributed by atoms with van der Waals surface area (Å²) in [6.07, 6.45) is 3.67. The molecule has 3 aliphatic heterocycles. The Balaban J connectivity index is 0.000000148. The highest BCUT2D eigenvalue weighted by atomic mass is 79.9. The van der Waals surface area contributed by atoms with Crippen LogP contribution in [0.4, 0.5) is 45.8 Å². The summed E-state index contributed by atoms with van der Waals surface area (Å²) in [5.41, 5.74) is 24.2. The van der Waals surface area contributed by atoms with Crippen molar-refractivity contribution in [2.45, 2.75) is 50.6 Å². The van der Waals surface area contributed by atoms with E-state index in [2.05, 4.69) is 37.6 Å². The van der Waals surface area contributed by atoms with E-state index >= 15 is 0 Å². The molecule has 9 aromatic carbocycles. The molecule has 3 aliphatic rings. The zero-order valence-electron chi connectivity index (χ0n) is 54.8. The number of alkyl halides is 1. The Labute approximate surface area is 606 Å². The number of phenolic OH excluding ortho intramolecular Hbond substituents is 3. The van der Waals surface area contributed by atoms with Gasteiger partial charge in [-0.05, 0) is 201 Å². The van der Waals surface area contributed by atoms with E-state index in [0.717, 1.165) is 97.2 Å². The Kier molecular flexibility index (Phi) is 23.4. The van der Waals surface area contributed by atoms with Gasteiger partial charge >= 0.3 is 0 Å². The van der Waals surface area contributed by atoms with Gasteiger partial charge in [0.2, 0.25) is 0 Å². The van der Waals surface area contributed by atoms with Crippen LogP contribution in [-0.2, 0) is 0 Å². The molecule has 3 aromatic heterocycles. The smallest absolute Gasteiger partial charge is 0.259 e. The summed E-state index contributed by atoms with van der Waals surface area (Å²) in [5.74, 6) is 1.88. The predicted octanol–water partition coefficient (Wildman–Crippen LogP) is 17.5. The number of imidazole rings is 1. The van der Waals surface area contributed by atoms with Crippen LogP contribution >= 0.6 is 51.2 Å². The molecule has 101 heavy (non-hydrogen) atoms. The number of pyridine rings is 2. The lowest BCUT2D eigenvalue weighted by atomic mass is 10.1. The molecule has 0 saturated carbocycles. The van der Waals surface area contributed by atoms with E-state index in [1.54, 1.807) is 107 Å². The summed E-state index contributed by atoms with van der Waals surface area (Å²) >= 11 is 7.78. The second kappa shape index (κ2) is 32.6. The van der Waals surface area contributed by atoms with Gasteiger partial charge in [0.15, 0.2) is 11.6 Å². The summed E-state index contributed by atoms with van der Waals surface area (Å²) < 4.78 is 2.04. The second-order valence-electron chi connectivity index (χ2n) is 23.0. The average Bonchev–Trinajstić information content (AvgIpc) is 1.64. The maximum Gasteiger partial charge on any atom is 0.259 e. The van der Waals surface area contributed by atoms with Crippen molar-refractivity contribution >= 4 is 132 Å². The normalized spacial score (nSPS) is 12.2. The van der Waals surface area contributed by atoms with Crippen molar-refractivity contribution in [3.05, 3.63) is 276 Å². The number of aryl methyl sites for hydroxylation is 2. The van der Waals surface area contributed by atoms with Gasteiger partial charge in [-0.15, -0.1) is 0 Å². The molecule has 12 aromatic rings. The van der Waals surface area contributed by atoms with Crippen molar-refractivity contribution in [1.29, 1.82) is 0 Å². The Morgan fingerprint density at radius 1 is 0.495 bits per heavy atom. The third-order valence-electron chi connectivity index (χ3n) is 16.2. The molecule has 9 N–H and O–H groups in total. The average molecular weight is 1460 g/mol. The van der Waals surface area contributed by atoms with Crippen LogP contribution in [0.5, 0.6) is 17.2 Å². The number of nitrogens with one attached hydrogen (secondary N) is 2. The monoisotopic (exact) mass is 1460 g/mol. The number of ketones is 2. The number of carbonyl (C=O) groups excluding carboxylic acids is 5. The van der Waals surface area contributed by atoms with E-state index in [-0.39, 0.29) is 60.5 Å². The minimum Gasteiger partial charge on any atom is -0.508 e. The Hall–Kier alpha value is -11.3. The van der Waals surface area contributed by atoms with Crippen molar-refractivity contribution in [2.75, 3.05) is 69.8 Å². The van der Waals surface area contributed by atoms with Gasteiger partial charge < -0.3 is 52.1 Å². The molecule has 18 nitrogen and oxygen atoms in total. The maximum atomic E-state index is 13.0. The number of benzene rings is 9. The predicted molar refractivity (Wildman–Crippen MR) is 411 cm³/mol. The Morgan fingerprint density at radius 2 is 0.931 bits per heavy atom. The standard InChI is InChI=1S/C28H22N4O2S.C22H18N2O3S.C14H12N2OS.C8H7BrO2.C6H8N2.CH4/c1-17-6-5-15-32-26(17)30-25(18-9-12-20(33)13-10-18)27(32)29-19-11-14-22-24(16-19)35-23-8-4-3-7-21(23)28(34)31(22)2;1-24-18-11-8-15(23-13-19(26)14-6-9-16(25)10-7-14)12-21(18)28-20-5-3-2-4-17(20)22(24)27;1-16-11-7-6-9(15)8-13(11)18-12-5-3-2-4-10(12)14(16)17;9-5-8(11)6-1-3-7(10)4-2-6;1-5-3-2-4-8-6(5)7;/h3-16,29,33H,1-2H3;2-12,23,25H,13H2,1H3;2-8H,15H2,1H3;1-4,10H,5H2;2-4H,1H3,(H2,7,8);1H4. The number of carbonyl (C=O) groups is 5. The fraction of sp³-hybridized carbons (Fsp3) is 0.101. The van der Waals surface area contributed by atoms with E-state index < -0.39 is 0 Å². The first-order chi connectivity index (χ1) is 48.2. The fourth-order valence-electron chi connectivity index (χ4n) is 10.7. The van der Waals surface area contributed by atoms with Crippen LogP contribution in [0.1, 0.15) is 70.3 Å². The van der Waals surface area contributed by atoms with E-state index in [1.165, 1.54) is 24.3 Å². The second-order valence-corrected chi connectivity index (χ2v) is 26.8. The molecule has 0 unspecified atom stereocenters. The number of anilines is 8. The maximum absolute atomic E-state index is 13.0. The first kappa shape index (κ1) is 72.4. The number of amides is 3. The molecule has 510 valence electrons. The lowest BCUT2D eigenvalue weighted by Gasteiger charge is -2.18. The van der Waals surface area contributed by atoms with Crippen molar-refractivity contribution in [3.8, 4) is 28.5 Å². The highest BCUT2D eigenvalue weighted by molar-refractivity contribution is 9.09. The third kappa shape index (κ3) is 16.9. The van der Waals surface area contributed by atoms with Gasteiger partial charge in [-0.1, -0.05) is 107 Å². The number of aromatic nitrogens is 3. The minimum absolute atomic E-state index is 0. The van der Waals surface area contributed by atoms with Crippen LogP contribution in [0.2, 0.25) is 0 Å². The molecule has 6 heterocycles. The summed E-state index contributed by atoms with van der Waals surface area (Å²) in [6, 6.07) is 67.5. The van der Waals surface area contributed by atoms with Crippen LogP contribution in [0.25, 0.3) is 16.9 Å². The quantitative estimate of drug-likeness (QED) is 0.0402. The number of Topliss-reactive ketones (excluding diaryl/α,β-unsaturated/α-hetero) is 2. The van der Waals surface area contributed by atoms with Crippen molar-refractivity contribution < 1.29 is 39.3 Å². The van der Waals surface area contributed by atoms with E-state index in [4.69, 9.17) is 21.6 Å². The molecule has 0 atom stereocenters. The molecule has 0 saturated heterocycles. The number of nitrogens with zero attached hydrogens (tertiary/aromatic N) is 6.